The third-order valence-electron chi connectivity index (χ3n) is 11.2. The highest BCUT2D eigenvalue weighted by Gasteiger charge is 2.33. The number of hydrogen-bond acceptors (Lipinski definition) is 0. The van der Waals surface area contributed by atoms with E-state index in [0.29, 0.717) is 0 Å². The fraction of sp³-hybridized carbons (Fsp3) is 0.0417. The van der Waals surface area contributed by atoms with Gasteiger partial charge in [-0.2, -0.15) is 0 Å². The van der Waals surface area contributed by atoms with Gasteiger partial charge in [0.1, 0.15) is 0 Å². The molecule has 0 saturated heterocycles. The lowest BCUT2D eigenvalue weighted by Gasteiger charge is -2.23. The van der Waals surface area contributed by atoms with Crippen LogP contribution < -0.4 is 0 Å². The van der Waals surface area contributed by atoms with Crippen LogP contribution in [0.15, 0.2) is 146 Å². The number of rotatable bonds is 2. The molecule has 0 bridgehead atoms. The summed E-state index contributed by atoms with van der Waals surface area (Å²) in [7, 11) is 0. The van der Waals surface area contributed by atoms with Gasteiger partial charge >= 0.3 is 0 Å². The molecule has 10 aromatic carbocycles. The van der Waals surface area contributed by atoms with Gasteiger partial charge in [-0.05, 0) is 134 Å². The number of fused-ring (bicyclic) bond motifs is 7. The molecule has 1 aliphatic carbocycles. The van der Waals surface area contributed by atoms with Crippen LogP contribution in [0.1, 0.15) is 11.1 Å². The van der Waals surface area contributed by atoms with Gasteiger partial charge in [0.05, 0.1) is 0 Å². The van der Waals surface area contributed by atoms with E-state index >= 15 is 0 Å². The van der Waals surface area contributed by atoms with E-state index in [9.17, 15) is 0 Å². The Morgan fingerprint density at radius 1 is 0.250 bits per heavy atom. The molecular weight excluding hydrogens is 577 g/mol. The van der Waals surface area contributed by atoms with Gasteiger partial charge in [0.25, 0.3) is 0 Å². The molecule has 0 unspecified atom stereocenters. The Morgan fingerprint density at radius 3 is 1.42 bits per heavy atom. The first-order valence-electron chi connectivity index (χ1n) is 17.0. The van der Waals surface area contributed by atoms with Gasteiger partial charge in [0.15, 0.2) is 0 Å². The van der Waals surface area contributed by atoms with E-state index in [4.69, 9.17) is 0 Å². The Balaban J connectivity index is 1.42. The number of benzene rings is 10. The van der Waals surface area contributed by atoms with E-state index < -0.39 is 0 Å². The fourth-order valence-electron chi connectivity index (χ4n) is 9.32. The molecule has 11 rings (SSSR count). The maximum Gasteiger partial charge on any atom is -0.000718 e. The second-order valence-corrected chi connectivity index (χ2v) is 13.6. The van der Waals surface area contributed by atoms with Gasteiger partial charge in [-0.1, -0.05) is 146 Å². The average molecular weight is 607 g/mol. The summed E-state index contributed by atoms with van der Waals surface area (Å²) in [4.78, 5) is 0. The van der Waals surface area contributed by atoms with Gasteiger partial charge in [-0.15, -0.1) is 0 Å². The number of hydrogen-bond donors (Lipinski definition) is 0. The second kappa shape index (κ2) is 9.31. The average Bonchev–Trinajstić information content (AvgIpc) is 3.46. The third-order valence-corrected chi connectivity index (χ3v) is 11.2. The van der Waals surface area contributed by atoms with Gasteiger partial charge < -0.3 is 0 Å². The van der Waals surface area contributed by atoms with Crippen molar-refractivity contribution in [3.8, 4) is 44.5 Å². The van der Waals surface area contributed by atoms with Crippen molar-refractivity contribution in [2.24, 2.45) is 0 Å². The van der Waals surface area contributed by atoms with E-state index in [1.165, 1.54) is 120 Å². The van der Waals surface area contributed by atoms with Crippen LogP contribution in [0.2, 0.25) is 0 Å². The van der Waals surface area contributed by atoms with Gasteiger partial charge in [-0.25, -0.2) is 0 Å². The van der Waals surface area contributed by atoms with Crippen LogP contribution >= 0.6 is 0 Å². The maximum absolute atomic E-state index is 2.43. The third kappa shape index (κ3) is 3.20. The molecule has 0 heteroatoms. The van der Waals surface area contributed by atoms with Crippen molar-refractivity contribution in [2.75, 3.05) is 0 Å². The predicted octanol–water partition coefficient (Wildman–Crippen LogP) is 13.6. The smallest absolute Gasteiger partial charge is 0.000718 e. The molecule has 0 aliphatic heterocycles. The molecule has 10 aromatic rings. The molecule has 0 saturated carbocycles. The van der Waals surface area contributed by atoms with Crippen LogP contribution in [0.3, 0.4) is 0 Å². The van der Waals surface area contributed by atoms with Crippen LogP contribution in [0.4, 0.5) is 0 Å². The Hall–Kier alpha value is -5.98. The molecule has 0 radical (unpaired) electrons. The van der Waals surface area contributed by atoms with Crippen molar-refractivity contribution in [3.63, 3.8) is 0 Å². The Morgan fingerprint density at radius 2 is 0.729 bits per heavy atom. The molecule has 0 atom stereocenters. The Bertz CT molecular complexity index is 2940. The summed E-state index contributed by atoms with van der Waals surface area (Å²) in [6, 6.07) is 54.8. The molecule has 0 fully saturated rings. The monoisotopic (exact) mass is 606 g/mol. The standard InChI is InChI=1S/C48H30/c1-27-11-7-12-28(2)41(27)46-36-19-6-5-18-35(36)44(32-20-8-14-29-13-3-4-17-31(29)32)47-39-25-23-37-33-21-9-15-30-16-10-22-34(42(30)33)38-24-26-40(48(46)47)45(39)43(37)38/h3-26H,1-2H3. The van der Waals surface area contributed by atoms with Crippen molar-refractivity contribution in [2.45, 2.75) is 13.8 Å². The first-order chi connectivity index (χ1) is 23.7. The molecule has 0 N–H and O–H groups in total. The van der Waals surface area contributed by atoms with Crippen molar-refractivity contribution in [1.82, 2.24) is 0 Å². The van der Waals surface area contributed by atoms with E-state index in [-0.39, 0.29) is 0 Å². The Kier molecular flexibility index (Phi) is 5.07. The quantitative estimate of drug-likeness (QED) is 0.136. The normalized spacial score (nSPS) is 12.4. The molecular formula is C48H30. The minimum Gasteiger partial charge on any atom is -0.0617 e. The predicted molar refractivity (Wildman–Crippen MR) is 207 cm³/mol. The van der Waals surface area contributed by atoms with Crippen molar-refractivity contribution < 1.29 is 0 Å². The van der Waals surface area contributed by atoms with E-state index in [2.05, 4.69) is 159 Å². The first kappa shape index (κ1) is 26.1. The van der Waals surface area contributed by atoms with Gasteiger partial charge in [0, 0.05) is 0 Å². The molecule has 0 amide bonds. The summed E-state index contributed by atoms with van der Waals surface area (Å²) in [5.41, 5.74) is 13.4. The zero-order chi connectivity index (χ0) is 31.7. The van der Waals surface area contributed by atoms with Crippen LogP contribution in [0.25, 0.3) is 109 Å². The van der Waals surface area contributed by atoms with Crippen molar-refractivity contribution >= 4 is 64.6 Å². The highest BCUT2D eigenvalue weighted by molar-refractivity contribution is 6.39. The van der Waals surface area contributed by atoms with E-state index in [1.54, 1.807) is 0 Å². The van der Waals surface area contributed by atoms with Crippen LogP contribution in [0.5, 0.6) is 0 Å². The lowest BCUT2D eigenvalue weighted by molar-refractivity contribution is 1.39. The highest BCUT2D eigenvalue weighted by Crippen LogP contribution is 2.60. The lowest BCUT2D eigenvalue weighted by Crippen LogP contribution is -1.97. The maximum atomic E-state index is 2.43. The van der Waals surface area contributed by atoms with Crippen LogP contribution in [-0.4, -0.2) is 0 Å². The highest BCUT2D eigenvalue weighted by atomic mass is 14.3. The minimum absolute atomic E-state index is 1.27. The summed E-state index contributed by atoms with van der Waals surface area (Å²) in [6.45, 7) is 4.55. The van der Waals surface area contributed by atoms with Gasteiger partial charge in [0.2, 0.25) is 0 Å². The van der Waals surface area contributed by atoms with Gasteiger partial charge in [-0.3, -0.25) is 0 Å². The largest absolute Gasteiger partial charge is 0.0617 e. The van der Waals surface area contributed by atoms with Crippen molar-refractivity contribution in [3.05, 3.63) is 157 Å². The summed E-state index contributed by atoms with van der Waals surface area (Å²) in [5, 5.41) is 16.0. The summed E-state index contributed by atoms with van der Waals surface area (Å²) in [5.74, 6) is 0. The van der Waals surface area contributed by atoms with E-state index in [0.717, 1.165) is 0 Å². The molecule has 222 valence electrons. The van der Waals surface area contributed by atoms with Crippen molar-refractivity contribution in [1.29, 1.82) is 0 Å². The molecule has 1 aliphatic rings. The molecule has 0 spiro atoms. The zero-order valence-corrected chi connectivity index (χ0v) is 26.9. The molecule has 48 heavy (non-hydrogen) atoms. The zero-order valence-electron chi connectivity index (χ0n) is 26.9. The second-order valence-electron chi connectivity index (χ2n) is 13.6. The Labute approximate surface area is 278 Å². The summed E-state index contributed by atoms with van der Waals surface area (Å²) < 4.78 is 0. The summed E-state index contributed by atoms with van der Waals surface area (Å²) in [6.07, 6.45) is 0. The lowest BCUT2D eigenvalue weighted by atomic mass is 9.80. The number of aryl methyl sites for hydroxylation is 2. The van der Waals surface area contributed by atoms with Crippen LogP contribution in [-0.2, 0) is 0 Å². The molecule has 0 aromatic heterocycles. The minimum atomic E-state index is 1.27. The SMILES string of the molecule is Cc1cccc(C)c1-c1c2c(c(-c3cccc4ccccc34)c3ccccc13)-c1ccc3c4cccc5cccc(c6ccc-2c1c63)c54. The summed E-state index contributed by atoms with van der Waals surface area (Å²) >= 11 is 0. The molecule has 0 heterocycles. The molecule has 0 nitrogen and oxygen atoms in total. The first-order valence-corrected chi connectivity index (χ1v) is 17.0. The fourth-order valence-corrected chi connectivity index (χ4v) is 9.32. The van der Waals surface area contributed by atoms with Crippen LogP contribution in [0, 0.1) is 13.8 Å². The van der Waals surface area contributed by atoms with E-state index in [1.807, 2.05) is 0 Å². The topological polar surface area (TPSA) is 0 Å².